The van der Waals surface area contributed by atoms with Crippen LogP contribution in [0, 0.1) is 35.0 Å². The van der Waals surface area contributed by atoms with Crippen LogP contribution in [-0.4, -0.2) is 24.6 Å². The standard InChI is InChI=1S/C24H23N5O3/c1-13-10-28-23(32-12-24(11-26)6-7-24)20-19(18(22(27)30)14(2)29-21(13)20)16-5-4-15(9-25)8-17(16)31-3/h4-5,8,10,19,29H,6-7,12H2,1-3H3,(H2,27,30)/t19-/m1/s1. The molecule has 4 rings (SSSR count). The van der Waals surface area contributed by atoms with Crippen LogP contribution in [0.4, 0.5) is 5.69 Å². The maximum absolute atomic E-state index is 12.6. The number of amides is 1. The second kappa shape index (κ2) is 7.90. The molecule has 1 aliphatic heterocycles. The molecular weight excluding hydrogens is 406 g/mol. The minimum atomic E-state index is -0.619. The van der Waals surface area contributed by atoms with Crippen LogP contribution in [0.3, 0.4) is 0 Å². The SMILES string of the molecule is COc1cc(C#N)ccc1[C@@H]1C(C(N)=O)=C(C)Nc2c(C)cnc(OCC3(C#N)CC3)c21. The molecule has 2 aromatic rings. The van der Waals surface area contributed by atoms with Crippen molar-refractivity contribution in [3.05, 3.63) is 57.9 Å². The van der Waals surface area contributed by atoms with Gasteiger partial charge >= 0.3 is 0 Å². The number of nitrogens with two attached hydrogens (primary N) is 1. The van der Waals surface area contributed by atoms with Gasteiger partial charge in [-0.2, -0.15) is 10.5 Å². The number of carbonyl (C=O) groups is 1. The summed E-state index contributed by atoms with van der Waals surface area (Å²) in [5.41, 5.74) is 9.72. The highest BCUT2D eigenvalue weighted by atomic mass is 16.5. The third kappa shape index (κ3) is 3.50. The van der Waals surface area contributed by atoms with Gasteiger partial charge in [0, 0.05) is 23.0 Å². The molecule has 3 N–H and O–H groups in total. The average Bonchev–Trinajstić information content (AvgIpc) is 3.58. The van der Waals surface area contributed by atoms with E-state index in [2.05, 4.69) is 22.4 Å². The summed E-state index contributed by atoms with van der Waals surface area (Å²) in [5.74, 6) is -0.412. The normalized spacial score (nSPS) is 18.0. The molecule has 1 aliphatic carbocycles. The minimum Gasteiger partial charge on any atom is -0.496 e. The van der Waals surface area contributed by atoms with E-state index in [9.17, 15) is 15.3 Å². The molecule has 1 fully saturated rings. The molecule has 0 unspecified atom stereocenters. The molecule has 1 atom stereocenters. The Balaban J connectivity index is 1.93. The summed E-state index contributed by atoms with van der Waals surface area (Å²) in [5, 5.41) is 22.0. The van der Waals surface area contributed by atoms with Gasteiger partial charge in [0.1, 0.15) is 12.4 Å². The highest BCUT2D eigenvalue weighted by Gasteiger charge is 2.45. The van der Waals surface area contributed by atoms with Crippen LogP contribution >= 0.6 is 0 Å². The molecule has 8 heteroatoms. The van der Waals surface area contributed by atoms with Crippen molar-refractivity contribution in [2.24, 2.45) is 11.1 Å². The Bertz CT molecular complexity index is 1230. The highest BCUT2D eigenvalue weighted by Crippen LogP contribution is 2.50. The summed E-state index contributed by atoms with van der Waals surface area (Å²) in [7, 11) is 1.51. The number of rotatable bonds is 6. The van der Waals surface area contributed by atoms with Crippen LogP contribution in [0.2, 0.25) is 0 Å². The average molecular weight is 429 g/mol. The predicted molar refractivity (Wildman–Crippen MR) is 117 cm³/mol. The summed E-state index contributed by atoms with van der Waals surface area (Å²) in [6, 6.07) is 9.48. The fourth-order valence-corrected chi connectivity index (χ4v) is 4.08. The van der Waals surface area contributed by atoms with Gasteiger partial charge in [0.15, 0.2) is 0 Å². The zero-order chi connectivity index (χ0) is 23.0. The lowest BCUT2D eigenvalue weighted by Crippen LogP contribution is -2.29. The molecule has 1 amide bonds. The number of fused-ring (bicyclic) bond motifs is 1. The number of hydrogen-bond acceptors (Lipinski definition) is 7. The van der Waals surface area contributed by atoms with Crippen LogP contribution in [-0.2, 0) is 4.79 Å². The van der Waals surface area contributed by atoms with E-state index < -0.39 is 17.2 Å². The Morgan fingerprint density at radius 2 is 2.09 bits per heavy atom. The third-order valence-electron chi connectivity index (χ3n) is 6.08. The van der Waals surface area contributed by atoms with Crippen molar-refractivity contribution in [1.29, 1.82) is 10.5 Å². The maximum Gasteiger partial charge on any atom is 0.247 e. The summed E-state index contributed by atoms with van der Waals surface area (Å²) in [4.78, 5) is 17.1. The molecule has 1 aromatic carbocycles. The van der Waals surface area contributed by atoms with Gasteiger partial charge in [-0.1, -0.05) is 6.07 Å². The lowest BCUT2D eigenvalue weighted by molar-refractivity contribution is -0.114. The van der Waals surface area contributed by atoms with Crippen LogP contribution in [0.25, 0.3) is 0 Å². The van der Waals surface area contributed by atoms with E-state index in [1.807, 2.05) is 6.92 Å². The van der Waals surface area contributed by atoms with Crippen molar-refractivity contribution < 1.29 is 14.3 Å². The van der Waals surface area contributed by atoms with Gasteiger partial charge in [0.2, 0.25) is 11.8 Å². The number of aromatic nitrogens is 1. The highest BCUT2D eigenvalue weighted by molar-refractivity contribution is 5.98. The Morgan fingerprint density at radius 3 is 2.69 bits per heavy atom. The fraction of sp³-hybridized carbons (Fsp3) is 0.333. The van der Waals surface area contributed by atoms with Gasteiger partial charge in [0.05, 0.1) is 47.4 Å². The van der Waals surface area contributed by atoms with Crippen LogP contribution in [0.1, 0.15) is 47.9 Å². The molecule has 1 saturated carbocycles. The number of aryl methyl sites for hydroxylation is 1. The lowest BCUT2D eigenvalue weighted by atomic mass is 9.79. The first-order chi connectivity index (χ1) is 15.3. The third-order valence-corrected chi connectivity index (χ3v) is 6.08. The molecule has 8 nitrogen and oxygen atoms in total. The molecule has 0 spiro atoms. The van der Waals surface area contributed by atoms with E-state index in [-0.39, 0.29) is 6.61 Å². The van der Waals surface area contributed by atoms with Crippen molar-refractivity contribution in [2.45, 2.75) is 32.6 Å². The van der Waals surface area contributed by atoms with Gasteiger partial charge in [-0.15, -0.1) is 0 Å². The van der Waals surface area contributed by atoms with Crippen molar-refractivity contribution >= 4 is 11.6 Å². The quantitative estimate of drug-likeness (QED) is 0.719. The number of ether oxygens (including phenoxy) is 2. The van der Waals surface area contributed by atoms with Crippen LogP contribution < -0.4 is 20.5 Å². The second-order valence-corrected chi connectivity index (χ2v) is 8.25. The molecule has 0 radical (unpaired) electrons. The minimum absolute atomic E-state index is 0.220. The number of methoxy groups -OCH3 is 1. The Kier molecular flexibility index (Phi) is 5.23. The van der Waals surface area contributed by atoms with E-state index >= 15 is 0 Å². The Morgan fingerprint density at radius 1 is 1.34 bits per heavy atom. The van der Waals surface area contributed by atoms with E-state index in [4.69, 9.17) is 15.2 Å². The number of benzene rings is 1. The Hall–Kier alpha value is -4.04. The largest absolute Gasteiger partial charge is 0.496 e. The topological polar surface area (TPSA) is 134 Å². The lowest BCUT2D eigenvalue weighted by Gasteiger charge is -2.32. The van der Waals surface area contributed by atoms with E-state index in [0.29, 0.717) is 39.6 Å². The van der Waals surface area contributed by atoms with Crippen LogP contribution in [0.15, 0.2) is 35.7 Å². The van der Waals surface area contributed by atoms with Crippen LogP contribution in [0.5, 0.6) is 11.6 Å². The number of pyridine rings is 1. The smallest absolute Gasteiger partial charge is 0.247 e. The predicted octanol–water partition coefficient (Wildman–Crippen LogP) is 3.27. The first-order valence-electron chi connectivity index (χ1n) is 10.2. The maximum atomic E-state index is 12.6. The van der Waals surface area contributed by atoms with E-state index in [1.165, 1.54) is 7.11 Å². The van der Waals surface area contributed by atoms with E-state index in [1.54, 1.807) is 31.3 Å². The number of anilines is 1. The van der Waals surface area contributed by atoms with Gasteiger partial charge in [-0.25, -0.2) is 4.98 Å². The number of primary amides is 1. The molecule has 2 heterocycles. The van der Waals surface area contributed by atoms with Crippen molar-refractivity contribution in [1.82, 2.24) is 4.98 Å². The molecule has 0 saturated heterocycles. The summed E-state index contributed by atoms with van der Waals surface area (Å²) in [6.07, 6.45) is 3.27. The molecule has 1 aromatic heterocycles. The summed E-state index contributed by atoms with van der Waals surface area (Å²) in [6.45, 7) is 3.93. The fourth-order valence-electron chi connectivity index (χ4n) is 4.08. The summed E-state index contributed by atoms with van der Waals surface area (Å²) >= 11 is 0. The molecule has 0 bridgehead atoms. The molecule has 2 aliphatic rings. The van der Waals surface area contributed by atoms with Crippen molar-refractivity contribution in [3.8, 4) is 23.8 Å². The number of nitrogens with zero attached hydrogens (tertiary/aromatic N) is 3. The molecule has 162 valence electrons. The van der Waals surface area contributed by atoms with Gasteiger partial charge < -0.3 is 20.5 Å². The monoisotopic (exact) mass is 429 g/mol. The number of nitrogens with one attached hydrogen (secondary N) is 1. The van der Waals surface area contributed by atoms with Crippen molar-refractivity contribution in [3.63, 3.8) is 0 Å². The van der Waals surface area contributed by atoms with Crippen molar-refractivity contribution in [2.75, 3.05) is 19.0 Å². The summed E-state index contributed by atoms with van der Waals surface area (Å²) < 4.78 is 11.7. The van der Waals surface area contributed by atoms with Gasteiger partial charge in [-0.3, -0.25) is 4.79 Å². The first-order valence-corrected chi connectivity index (χ1v) is 10.2. The molecular formula is C24H23N5O3. The van der Waals surface area contributed by atoms with Gasteiger partial charge in [0.25, 0.3) is 0 Å². The number of allylic oxidation sites excluding steroid dienone is 1. The zero-order valence-electron chi connectivity index (χ0n) is 18.2. The second-order valence-electron chi connectivity index (χ2n) is 8.25. The zero-order valence-corrected chi connectivity index (χ0v) is 18.2. The Labute approximate surface area is 186 Å². The number of carbonyl (C=O) groups excluding carboxylic acids is 1. The molecule has 32 heavy (non-hydrogen) atoms. The first kappa shape index (κ1) is 21.2. The van der Waals surface area contributed by atoms with E-state index in [0.717, 1.165) is 24.1 Å². The number of hydrogen-bond donors (Lipinski definition) is 2. The number of nitriles is 2. The van der Waals surface area contributed by atoms with Gasteiger partial charge in [-0.05, 0) is 44.4 Å².